The van der Waals surface area contributed by atoms with E-state index >= 15 is 0 Å². The minimum atomic E-state index is -1.02. The molecule has 2 aromatic heterocycles. The van der Waals surface area contributed by atoms with Crippen molar-refractivity contribution in [3.8, 4) is 17.1 Å². The summed E-state index contributed by atoms with van der Waals surface area (Å²) in [6, 6.07) is 14.8. The Morgan fingerprint density at radius 3 is 2.58 bits per heavy atom. The monoisotopic (exact) mass is 437 g/mol. The average Bonchev–Trinajstić information content (AvgIpc) is 3.20. The Bertz CT molecular complexity index is 1210. The van der Waals surface area contributed by atoms with Gasteiger partial charge in [-0.15, -0.1) is 10.2 Å². The molecule has 0 radical (unpaired) electrons. The normalized spacial score (nSPS) is 10.8. The highest BCUT2D eigenvalue weighted by molar-refractivity contribution is 7.99. The molecule has 0 aliphatic carbocycles. The summed E-state index contributed by atoms with van der Waals surface area (Å²) in [5, 5.41) is 11.6. The summed E-state index contributed by atoms with van der Waals surface area (Å²) in [7, 11) is 0. The van der Waals surface area contributed by atoms with Gasteiger partial charge in [0.1, 0.15) is 0 Å². The third-order valence-electron chi connectivity index (χ3n) is 4.38. The smallest absolute Gasteiger partial charge is 0.234 e. The number of hydrogen-bond acceptors (Lipinski definition) is 5. The summed E-state index contributed by atoms with van der Waals surface area (Å²) in [5.41, 5.74) is 2.92. The van der Waals surface area contributed by atoms with Crippen molar-refractivity contribution in [3.63, 3.8) is 0 Å². The fraction of sp³-hybridized carbons (Fsp3) is 0.0909. The van der Waals surface area contributed by atoms with E-state index in [1.807, 2.05) is 47.9 Å². The number of carbonyl (C=O) groups excluding carboxylic acids is 1. The molecule has 0 aliphatic rings. The zero-order valence-electron chi connectivity index (χ0n) is 16.4. The first-order chi connectivity index (χ1) is 15.0. The van der Waals surface area contributed by atoms with Gasteiger partial charge in [-0.3, -0.25) is 14.3 Å². The van der Waals surface area contributed by atoms with Crippen LogP contribution in [0.1, 0.15) is 5.56 Å². The number of aryl methyl sites for hydroxylation is 1. The number of benzene rings is 2. The number of anilines is 1. The van der Waals surface area contributed by atoms with Gasteiger partial charge in [0, 0.05) is 35.4 Å². The van der Waals surface area contributed by atoms with Crippen LogP contribution in [0, 0.1) is 18.6 Å². The highest BCUT2D eigenvalue weighted by Gasteiger charge is 2.17. The van der Waals surface area contributed by atoms with Gasteiger partial charge in [-0.05, 0) is 43.3 Å². The maximum Gasteiger partial charge on any atom is 0.234 e. The van der Waals surface area contributed by atoms with Crippen molar-refractivity contribution in [2.24, 2.45) is 0 Å². The minimum Gasteiger partial charge on any atom is -0.325 e. The number of hydrogen-bond donors (Lipinski definition) is 1. The first-order valence-corrected chi connectivity index (χ1v) is 10.3. The Balaban J connectivity index is 1.57. The van der Waals surface area contributed by atoms with E-state index in [1.165, 1.54) is 17.8 Å². The van der Waals surface area contributed by atoms with Crippen molar-refractivity contribution < 1.29 is 13.6 Å². The number of pyridine rings is 1. The van der Waals surface area contributed by atoms with E-state index in [9.17, 15) is 13.6 Å². The van der Waals surface area contributed by atoms with Crippen LogP contribution < -0.4 is 5.32 Å². The third kappa shape index (κ3) is 4.77. The Morgan fingerprint density at radius 1 is 1.06 bits per heavy atom. The van der Waals surface area contributed by atoms with Gasteiger partial charge in [-0.25, -0.2) is 8.78 Å². The Kier molecular flexibility index (Phi) is 6.03. The number of nitrogens with zero attached hydrogens (tertiary/aromatic N) is 4. The molecule has 0 spiro atoms. The molecule has 2 aromatic carbocycles. The first kappa shape index (κ1) is 20.7. The molecule has 1 N–H and O–H groups in total. The zero-order chi connectivity index (χ0) is 21.8. The number of nitrogens with one attached hydrogen (secondary N) is 1. The van der Waals surface area contributed by atoms with Crippen LogP contribution in [0.15, 0.2) is 72.1 Å². The van der Waals surface area contributed by atoms with Crippen molar-refractivity contribution in [2.75, 3.05) is 11.1 Å². The van der Waals surface area contributed by atoms with Gasteiger partial charge in [-0.2, -0.15) is 0 Å². The lowest BCUT2D eigenvalue weighted by atomic mass is 10.2. The third-order valence-corrected chi connectivity index (χ3v) is 5.31. The molecular formula is C22H17F2N5OS. The molecule has 0 saturated carbocycles. The molecule has 0 unspecified atom stereocenters. The van der Waals surface area contributed by atoms with Gasteiger partial charge in [0.25, 0.3) is 0 Å². The summed E-state index contributed by atoms with van der Waals surface area (Å²) >= 11 is 1.19. The number of amides is 1. The molecule has 0 fully saturated rings. The van der Waals surface area contributed by atoms with Crippen LogP contribution >= 0.6 is 11.8 Å². The molecule has 9 heteroatoms. The van der Waals surface area contributed by atoms with Crippen LogP contribution in [-0.4, -0.2) is 31.4 Å². The van der Waals surface area contributed by atoms with Gasteiger partial charge in [0.2, 0.25) is 5.91 Å². The lowest BCUT2D eigenvalue weighted by molar-refractivity contribution is -0.113. The summed E-state index contributed by atoms with van der Waals surface area (Å²) in [4.78, 5) is 16.5. The van der Waals surface area contributed by atoms with E-state index in [0.29, 0.717) is 11.0 Å². The van der Waals surface area contributed by atoms with Crippen LogP contribution in [0.2, 0.25) is 0 Å². The number of aromatic nitrogens is 4. The predicted molar refractivity (Wildman–Crippen MR) is 115 cm³/mol. The van der Waals surface area contributed by atoms with E-state index in [-0.39, 0.29) is 17.3 Å². The number of rotatable bonds is 6. The maximum absolute atomic E-state index is 13.4. The summed E-state index contributed by atoms with van der Waals surface area (Å²) in [6.07, 6.45) is 3.37. The molecule has 1 amide bonds. The minimum absolute atomic E-state index is 0.00995. The molecule has 0 bridgehead atoms. The Hall–Kier alpha value is -3.59. The fourth-order valence-corrected chi connectivity index (χ4v) is 3.62. The first-order valence-electron chi connectivity index (χ1n) is 9.32. The predicted octanol–water partition coefficient (Wildman–Crippen LogP) is 4.65. The van der Waals surface area contributed by atoms with Crippen LogP contribution in [-0.2, 0) is 4.79 Å². The molecule has 6 nitrogen and oxygen atoms in total. The molecule has 31 heavy (non-hydrogen) atoms. The topological polar surface area (TPSA) is 72.7 Å². The van der Waals surface area contributed by atoms with Crippen LogP contribution in [0.3, 0.4) is 0 Å². The van der Waals surface area contributed by atoms with E-state index in [4.69, 9.17) is 0 Å². The molecule has 4 rings (SSSR count). The second kappa shape index (κ2) is 9.05. The van der Waals surface area contributed by atoms with Crippen molar-refractivity contribution >= 4 is 23.4 Å². The van der Waals surface area contributed by atoms with E-state index in [0.717, 1.165) is 28.9 Å². The fourth-order valence-electron chi connectivity index (χ4n) is 2.87. The van der Waals surface area contributed by atoms with Crippen LogP contribution in [0.5, 0.6) is 0 Å². The van der Waals surface area contributed by atoms with Gasteiger partial charge in [-0.1, -0.05) is 29.5 Å². The van der Waals surface area contributed by atoms with Crippen molar-refractivity contribution in [1.82, 2.24) is 19.7 Å². The van der Waals surface area contributed by atoms with Crippen molar-refractivity contribution in [2.45, 2.75) is 12.1 Å². The van der Waals surface area contributed by atoms with Gasteiger partial charge >= 0.3 is 0 Å². The second-order valence-electron chi connectivity index (χ2n) is 6.68. The molecular weight excluding hydrogens is 420 g/mol. The number of thioether (sulfide) groups is 1. The number of halogens is 2. The largest absolute Gasteiger partial charge is 0.325 e. The molecule has 0 saturated heterocycles. The van der Waals surface area contributed by atoms with E-state index < -0.39 is 11.6 Å². The zero-order valence-corrected chi connectivity index (χ0v) is 17.2. The summed E-state index contributed by atoms with van der Waals surface area (Å²) in [6.45, 7) is 2.00. The molecule has 0 atom stereocenters. The molecule has 4 aromatic rings. The average molecular weight is 437 g/mol. The lowest BCUT2D eigenvalue weighted by Crippen LogP contribution is -2.15. The quantitative estimate of drug-likeness (QED) is 0.445. The molecule has 156 valence electrons. The summed E-state index contributed by atoms with van der Waals surface area (Å²) < 4.78 is 28.3. The maximum atomic E-state index is 13.4. The standard InChI is InChI=1S/C22H17F2N5OS/c1-14-4-7-17(8-5-14)29-21(15-3-2-10-25-12-15)27-28-22(29)31-13-20(30)26-16-6-9-18(23)19(24)11-16/h2-12H,13H2,1H3,(H,26,30). The van der Waals surface area contributed by atoms with Gasteiger partial charge in [0.15, 0.2) is 22.6 Å². The van der Waals surface area contributed by atoms with Crippen LogP contribution in [0.4, 0.5) is 14.5 Å². The van der Waals surface area contributed by atoms with Gasteiger partial charge < -0.3 is 5.32 Å². The Labute approximate surface area is 181 Å². The highest BCUT2D eigenvalue weighted by atomic mass is 32.2. The molecule has 2 heterocycles. The SMILES string of the molecule is Cc1ccc(-n2c(SCC(=O)Nc3ccc(F)c(F)c3)nnc2-c2cccnc2)cc1. The summed E-state index contributed by atoms with van der Waals surface area (Å²) in [5.74, 6) is -1.76. The lowest BCUT2D eigenvalue weighted by Gasteiger charge is -2.11. The Morgan fingerprint density at radius 2 is 1.87 bits per heavy atom. The molecule has 0 aliphatic heterocycles. The number of carbonyl (C=O) groups is 1. The van der Waals surface area contributed by atoms with Gasteiger partial charge in [0.05, 0.1) is 5.75 Å². The second-order valence-corrected chi connectivity index (χ2v) is 7.63. The van der Waals surface area contributed by atoms with Crippen LogP contribution in [0.25, 0.3) is 17.1 Å². The van der Waals surface area contributed by atoms with E-state index in [2.05, 4.69) is 20.5 Å². The van der Waals surface area contributed by atoms with E-state index in [1.54, 1.807) is 12.4 Å². The van der Waals surface area contributed by atoms with Crippen molar-refractivity contribution in [1.29, 1.82) is 0 Å². The van der Waals surface area contributed by atoms with Crippen molar-refractivity contribution in [3.05, 3.63) is 84.2 Å². The highest BCUT2D eigenvalue weighted by Crippen LogP contribution is 2.28.